The van der Waals surface area contributed by atoms with Crippen LogP contribution in [0.4, 0.5) is 22.0 Å². The molecule has 4 heterocycles. The van der Waals surface area contributed by atoms with Crippen molar-refractivity contribution >= 4 is 21.7 Å². The van der Waals surface area contributed by atoms with Gasteiger partial charge in [0.15, 0.2) is 9.84 Å². The van der Waals surface area contributed by atoms with Gasteiger partial charge in [-0.3, -0.25) is 14.6 Å². The first-order chi connectivity index (χ1) is 21.1. The first kappa shape index (κ1) is 30.8. The highest BCUT2D eigenvalue weighted by Gasteiger charge is 2.65. The minimum Gasteiger partial charge on any atom is -0.492 e. The molecule has 10 nitrogen and oxygen atoms in total. The number of likely N-dealkylation sites (tertiary alicyclic amines) is 2. The number of nitrogens with zero attached hydrogens (tertiary/aromatic N) is 5. The number of aromatic nitrogens is 3. The lowest BCUT2D eigenvalue weighted by Crippen LogP contribution is -2.63. The van der Waals surface area contributed by atoms with Crippen LogP contribution in [0.15, 0.2) is 54.9 Å². The maximum Gasteiger partial charge on any atom is 0.416 e. The molecule has 238 valence electrons. The molecule has 3 fully saturated rings. The van der Waals surface area contributed by atoms with Gasteiger partial charge in [-0.05, 0) is 24.3 Å². The minimum atomic E-state index is -4.51. The van der Waals surface area contributed by atoms with Crippen LogP contribution in [0.25, 0.3) is 11.3 Å². The average Bonchev–Trinajstić information content (AvgIpc) is 3.44. The van der Waals surface area contributed by atoms with Crippen molar-refractivity contribution in [2.75, 3.05) is 31.9 Å². The highest BCUT2D eigenvalue weighted by atomic mass is 32.2. The number of benzene rings is 1. The summed E-state index contributed by atoms with van der Waals surface area (Å²) < 4.78 is 93.0. The lowest BCUT2D eigenvalue weighted by Gasteiger charge is -2.51. The summed E-state index contributed by atoms with van der Waals surface area (Å²) in [6.45, 7) is 0.0545. The van der Waals surface area contributed by atoms with Crippen LogP contribution in [0.2, 0.25) is 0 Å². The Hall–Kier alpha value is -4.21. The maximum atomic E-state index is 13.6. The predicted octanol–water partition coefficient (Wildman–Crippen LogP) is 3.43. The number of carbonyl (C=O) groups is 2. The molecule has 1 aromatic carbocycles. The lowest BCUT2D eigenvalue weighted by molar-refractivity contribution is -0.148. The van der Waals surface area contributed by atoms with E-state index in [4.69, 9.17) is 0 Å². The summed E-state index contributed by atoms with van der Waals surface area (Å²) in [7, 11) is -3.90. The Labute approximate surface area is 253 Å². The number of carbonyl (C=O) groups excluding carboxylic acids is 2. The SMILES string of the molecule is O=C(c1cnc(O)cn1)N1CC(CS(=O)(=O)Cc2cccc(-c3ccc(C(F)(F)F)cc3)n2)C2(C1)CN(C(=O)[C@H]1CC1(F)F)C2. The molecule has 1 spiro atoms. The normalized spacial score (nSPS) is 21.9. The van der Waals surface area contributed by atoms with E-state index in [1.54, 1.807) is 12.1 Å². The second kappa shape index (κ2) is 10.7. The predicted molar refractivity (Wildman–Crippen MR) is 147 cm³/mol. The van der Waals surface area contributed by atoms with Gasteiger partial charge in [0.25, 0.3) is 11.8 Å². The molecule has 0 bridgehead atoms. The zero-order chi connectivity index (χ0) is 32.4. The summed E-state index contributed by atoms with van der Waals surface area (Å²) in [6.07, 6.45) is -2.97. The number of sulfone groups is 1. The van der Waals surface area contributed by atoms with Gasteiger partial charge < -0.3 is 14.9 Å². The molecule has 1 aliphatic carbocycles. The van der Waals surface area contributed by atoms with Crippen molar-refractivity contribution in [3.63, 3.8) is 0 Å². The first-order valence-corrected chi connectivity index (χ1v) is 15.7. The summed E-state index contributed by atoms with van der Waals surface area (Å²) in [4.78, 5) is 40.3. The third kappa shape index (κ3) is 6.19. The maximum absolute atomic E-state index is 13.6. The Balaban J connectivity index is 1.19. The van der Waals surface area contributed by atoms with Gasteiger partial charge in [-0.1, -0.05) is 18.2 Å². The van der Waals surface area contributed by atoms with E-state index >= 15 is 0 Å². The van der Waals surface area contributed by atoms with E-state index in [0.29, 0.717) is 5.56 Å². The Morgan fingerprint density at radius 3 is 2.24 bits per heavy atom. The van der Waals surface area contributed by atoms with E-state index in [-0.39, 0.29) is 43.3 Å². The monoisotopic (exact) mass is 651 g/mol. The molecule has 45 heavy (non-hydrogen) atoms. The molecule has 2 amide bonds. The highest BCUT2D eigenvalue weighted by molar-refractivity contribution is 7.90. The van der Waals surface area contributed by atoms with Gasteiger partial charge in [0.05, 0.1) is 40.9 Å². The number of hydrogen-bond acceptors (Lipinski definition) is 8. The van der Waals surface area contributed by atoms with Gasteiger partial charge in [0, 0.05) is 49.5 Å². The van der Waals surface area contributed by atoms with Crippen molar-refractivity contribution in [3.05, 3.63) is 71.8 Å². The highest BCUT2D eigenvalue weighted by Crippen LogP contribution is 2.52. The van der Waals surface area contributed by atoms with E-state index < -0.39 is 80.4 Å². The smallest absolute Gasteiger partial charge is 0.416 e. The number of hydrogen-bond donors (Lipinski definition) is 1. The number of pyridine rings is 1. The molecule has 3 aromatic rings. The molecule has 1 unspecified atom stereocenters. The molecule has 2 saturated heterocycles. The minimum absolute atomic E-state index is 0.00525. The first-order valence-electron chi connectivity index (χ1n) is 13.9. The summed E-state index contributed by atoms with van der Waals surface area (Å²) in [6, 6.07) is 8.89. The van der Waals surface area contributed by atoms with E-state index in [1.165, 1.54) is 28.0 Å². The quantitative estimate of drug-likeness (QED) is 0.385. The Morgan fingerprint density at radius 2 is 1.64 bits per heavy atom. The van der Waals surface area contributed by atoms with Crippen LogP contribution < -0.4 is 0 Å². The largest absolute Gasteiger partial charge is 0.492 e. The second-order valence-corrected chi connectivity index (χ2v) is 14.0. The van der Waals surface area contributed by atoms with E-state index in [1.807, 2.05) is 0 Å². The fourth-order valence-corrected chi connectivity index (χ4v) is 7.88. The molecule has 1 N–H and O–H groups in total. The van der Waals surface area contributed by atoms with Gasteiger partial charge in [-0.15, -0.1) is 0 Å². The molecular formula is C29H26F5N5O5S. The molecule has 3 aliphatic rings. The molecule has 16 heteroatoms. The molecule has 1 saturated carbocycles. The molecule has 0 radical (unpaired) electrons. The zero-order valence-corrected chi connectivity index (χ0v) is 24.2. The van der Waals surface area contributed by atoms with Gasteiger partial charge in [-0.2, -0.15) is 13.2 Å². The van der Waals surface area contributed by atoms with Gasteiger partial charge in [0.2, 0.25) is 11.8 Å². The third-order valence-electron chi connectivity index (χ3n) is 8.54. The molecule has 2 atom stereocenters. The molecule has 2 aromatic heterocycles. The summed E-state index contributed by atoms with van der Waals surface area (Å²) in [5.41, 5.74) is -0.964. The van der Waals surface area contributed by atoms with Crippen LogP contribution in [-0.2, 0) is 26.6 Å². The van der Waals surface area contributed by atoms with Crippen molar-refractivity contribution in [2.45, 2.75) is 24.3 Å². The van der Waals surface area contributed by atoms with Crippen LogP contribution in [0.3, 0.4) is 0 Å². The van der Waals surface area contributed by atoms with Crippen LogP contribution >= 0.6 is 0 Å². The van der Waals surface area contributed by atoms with Crippen molar-refractivity contribution in [1.29, 1.82) is 0 Å². The molecule has 6 rings (SSSR count). The average molecular weight is 652 g/mol. The topological polar surface area (TPSA) is 134 Å². The number of alkyl halides is 5. The van der Waals surface area contributed by atoms with E-state index in [0.717, 1.165) is 24.5 Å². The van der Waals surface area contributed by atoms with Crippen molar-refractivity contribution in [1.82, 2.24) is 24.8 Å². The summed E-state index contributed by atoms with van der Waals surface area (Å²) in [5.74, 6) is -7.66. The van der Waals surface area contributed by atoms with Crippen LogP contribution in [0, 0.1) is 17.3 Å². The lowest BCUT2D eigenvalue weighted by atomic mass is 9.72. The van der Waals surface area contributed by atoms with Crippen LogP contribution in [0.1, 0.15) is 28.2 Å². The van der Waals surface area contributed by atoms with Gasteiger partial charge in [0.1, 0.15) is 11.6 Å². The van der Waals surface area contributed by atoms with E-state index in [2.05, 4.69) is 15.0 Å². The number of rotatable bonds is 7. The Morgan fingerprint density at radius 1 is 0.978 bits per heavy atom. The number of aromatic hydroxyl groups is 1. The Bertz CT molecular complexity index is 1750. The summed E-state index contributed by atoms with van der Waals surface area (Å²) >= 11 is 0. The fraction of sp³-hybridized carbons (Fsp3) is 0.414. The zero-order valence-electron chi connectivity index (χ0n) is 23.4. The number of halogens is 5. The molecule has 2 aliphatic heterocycles. The van der Waals surface area contributed by atoms with Gasteiger partial charge >= 0.3 is 6.18 Å². The standard InChI is InChI=1S/C29H26F5N5O5S/c30-28(31)8-21(28)25(41)39-15-27(16-39)14-38(26(42)23-9-36-24(40)10-35-23)11-19(27)12-45(43,44)13-20-2-1-3-22(37-20)17-4-6-18(7-5-17)29(32,33)34/h1-7,9-10,19,21H,8,11-16H2,(H,36,40)/t19?,21-/m1/s1. The molecular weight excluding hydrogens is 625 g/mol. The third-order valence-corrected chi connectivity index (χ3v) is 10.2. The van der Waals surface area contributed by atoms with Crippen molar-refractivity contribution < 1.29 is 45.1 Å². The van der Waals surface area contributed by atoms with Crippen LogP contribution in [0.5, 0.6) is 5.88 Å². The fourth-order valence-electron chi connectivity index (χ4n) is 6.08. The second-order valence-electron chi connectivity index (χ2n) is 11.9. The number of amides is 2. The van der Waals surface area contributed by atoms with E-state index in [9.17, 15) is 45.1 Å². The Kier molecular flexibility index (Phi) is 7.33. The van der Waals surface area contributed by atoms with Crippen molar-refractivity contribution in [3.8, 4) is 17.1 Å². The van der Waals surface area contributed by atoms with Crippen molar-refractivity contribution in [2.24, 2.45) is 17.3 Å². The van der Waals surface area contributed by atoms with Crippen LogP contribution in [-0.4, -0.2) is 87.9 Å². The summed E-state index contributed by atoms with van der Waals surface area (Å²) in [5, 5.41) is 9.41. The van der Waals surface area contributed by atoms with Gasteiger partial charge in [-0.25, -0.2) is 27.2 Å².